The lowest BCUT2D eigenvalue weighted by Crippen LogP contribution is -2.36. The van der Waals surface area contributed by atoms with Crippen molar-refractivity contribution in [2.45, 2.75) is 27.7 Å². The molecule has 4 rings (SSSR count). The SMILES string of the molecule is Cc1sc(-n2c(C)ccc2C)c(C(=O)Nc2ccc(N3CCOCC3)cn2)c1C. The zero-order chi connectivity index (χ0) is 20.5. The minimum Gasteiger partial charge on any atom is -0.378 e. The van der Waals surface area contributed by atoms with E-state index in [4.69, 9.17) is 4.74 Å². The van der Waals surface area contributed by atoms with Crippen LogP contribution in [0, 0.1) is 27.7 Å². The molecule has 3 aromatic heterocycles. The van der Waals surface area contributed by atoms with Gasteiger partial charge in [0.2, 0.25) is 0 Å². The first-order chi connectivity index (χ1) is 14.0. The summed E-state index contributed by atoms with van der Waals surface area (Å²) in [6.45, 7) is 11.4. The third kappa shape index (κ3) is 3.80. The van der Waals surface area contributed by atoms with E-state index in [2.05, 4.69) is 52.7 Å². The molecule has 0 radical (unpaired) electrons. The van der Waals surface area contributed by atoms with Gasteiger partial charge in [-0.05, 0) is 57.5 Å². The second kappa shape index (κ2) is 8.00. The molecule has 7 heteroatoms. The number of anilines is 2. The number of pyridine rings is 1. The average molecular weight is 411 g/mol. The summed E-state index contributed by atoms with van der Waals surface area (Å²) in [5.41, 5.74) is 5.01. The fraction of sp³-hybridized carbons (Fsp3) is 0.364. The number of aryl methyl sites for hydroxylation is 3. The quantitative estimate of drug-likeness (QED) is 0.698. The fourth-order valence-corrected chi connectivity index (χ4v) is 4.94. The molecule has 1 N–H and O–H groups in total. The first-order valence-electron chi connectivity index (χ1n) is 9.81. The monoisotopic (exact) mass is 410 g/mol. The zero-order valence-corrected chi connectivity index (χ0v) is 18.1. The molecule has 152 valence electrons. The highest BCUT2D eigenvalue weighted by Gasteiger charge is 2.23. The average Bonchev–Trinajstić information content (AvgIpc) is 3.21. The predicted molar refractivity (Wildman–Crippen MR) is 118 cm³/mol. The smallest absolute Gasteiger partial charge is 0.260 e. The van der Waals surface area contributed by atoms with E-state index in [1.807, 2.05) is 25.3 Å². The standard InChI is InChI=1S/C22H26N4O2S/c1-14-5-6-15(2)26(14)22-20(16(3)17(4)29-22)21(27)24-19-8-7-18(13-23-19)25-9-11-28-12-10-25/h5-8,13H,9-12H2,1-4H3,(H,23,24,27). The summed E-state index contributed by atoms with van der Waals surface area (Å²) in [7, 11) is 0. The molecule has 0 unspecified atom stereocenters. The largest absolute Gasteiger partial charge is 0.378 e. The first kappa shape index (κ1) is 19.7. The molecule has 1 fully saturated rings. The van der Waals surface area contributed by atoms with Crippen LogP contribution in [-0.4, -0.2) is 41.8 Å². The second-order valence-corrected chi connectivity index (χ2v) is 8.57. The minimum absolute atomic E-state index is 0.124. The van der Waals surface area contributed by atoms with Gasteiger partial charge >= 0.3 is 0 Å². The Bertz CT molecular complexity index is 1010. The number of thiophene rings is 1. The lowest BCUT2D eigenvalue weighted by Gasteiger charge is -2.28. The summed E-state index contributed by atoms with van der Waals surface area (Å²) in [5.74, 6) is 0.433. The molecule has 0 aromatic carbocycles. The molecule has 0 atom stereocenters. The lowest BCUT2D eigenvalue weighted by atomic mass is 10.1. The van der Waals surface area contributed by atoms with Crippen molar-refractivity contribution in [2.75, 3.05) is 36.5 Å². The summed E-state index contributed by atoms with van der Waals surface area (Å²) in [5, 5.41) is 3.94. The van der Waals surface area contributed by atoms with Gasteiger partial charge in [0.15, 0.2) is 0 Å². The molecule has 0 bridgehead atoms. The zero-order valence-electron chi connectivity index (χ0n) is 17.3. The topological polar surface area (TPSA) is 59.4 Å². The molecule has 0 spiro atoms. The van der Waals surface area contributed by atoms with Crippen LogP contribution in [0.5, 0.6) is 0 Å². The number of nitrogens with one attached hydrogen (secondary N) is 1. The van der Waals surface area contributed by atoms with Crippen LogP contribution in [0.2, 0.25) is 0 Å². The van der Waals surface area contributed by atoms with Crippen LogP contribution < -0.4 is 10.2 Å². The van der Waals surface area contributed by atoms with Crippen molar-refractivity contribution in [3.8, 4) is 5.00 Å². The predicted octanol–water partition coefficient (Wildman–Crippen LogP) is 4.26. The molecule has 29 heavy (non-hydrogen) atoms. The number of aromatic nitrogens is 2. The van der Waals surface area contributed by atoms with E-state index >= 15 is 0 Å². The van der Waals surface area contributed by atoms with Crippen molar-refractivity contribution in [1.29, 1.82) is 0 Å². The molecule has 3 aromatic rings. The Morgan fingerprint density at radius 1 is 1.07 bits per heavy atom. The Balaban J connectivity index is 1.59. The number of morpholine rings is 1. The van der Waals surface area contributed by atoms with E-state index in [0.717, 1.165) is 58.8 Å². The van der Waals surface area contributed by atoms with E-state index in [1.54, 1.807) is 11.3 Å². The third-order valence-electron chi connectivity index (χ3n) is 5.43. The molecule has 1 aliphatic heterocycles. The van der Waals surface area contributed by atoms with Crippen LogP contribution >= 0.6 is 11.3 Å². The van der Waals surface area contributed by atoms with Gasteiger partial charge in [-0.3, -0.25) is 4.79 Å². The normalized spacial score (nSPS) is 14.3. The minimum atomic E-state index is -0.124. The van der Waals surface area contributed by atoms with Crippen molar-refractivity contribution >= 4 is 28.7 Å². The number of carbonyl (C=O) groups excluding carboxylic acids is 1. The van der Waals surface area contributed by atoms with Crippen LogP contribution in [0.1, 0.15) is 32.2 Å². The van der Waals surface area contributed by atoms with Gasteiger partial charge in [-0.1, -0.05) is 0 Å². The fourth-order valence-electron chi connectivity index (χ4n) is 3.67. The van der Waals surface area contributed by atoms with Gasteiger partial charge in [-0.15, -0.1) is 11.3 Å². The van der Waals surface area contributed by atoms with E-state index < -0.39 is 0 Å². The third-order valence-corrected chi connectivity index (χ3v) is 6.63. The van der Waals surface area contributed by atoms with E-state index in [-0.39, 0.29) is 5.91 Å². The highest BCUT2D eigenvalue weighted by molar-refractivity contribution is 7.15. The van der Waals surface area contributed by atoms with Crippen LogP contribution in [0.25, 0.3) is 5.00 Å². The maximum Gasteiger partial charge on any atom is 0.260 e. The van der Waals surface area contributed by atoms with Gasteiger partial charge in [-0.2, -0.15) is 0 Å². The molecule has 1 saturated heterocycles. The number of ether oxygens (including phenoxy) is 1. The Hall–Kier alpha value is -2.64. The van der Waals surface area contributed by atoms with E-state index in [1.165, 1.54) is 0 Å². The van der Waals surface area contributed by atoms with E-state index in [0.29, 0.717) is 11.4 Å². The Labute approximate surface area is 175 Å². The van der Waals surface area contributed by atoms with Crippen LogP contribution in [-0.2, 0) is 4.74 Å². The summed E-state index contributed by atoms with van der Waals surface area (Å²) in [6.07, 6.45) is 1.81. The van der Waals surface area contributed by atoms with Gasteiger partial charge in [0.05, 0.1) is 30.7 Å². The lowest BCUT2D eigenvalue weighted by molar-refractivity contribution is 0.102. The summed E-state index contributed by atoms with van der Waals surface area (Å²) >= 11 is 1.65. The molecule has 1 amide bonds. The highest BCUT2D eigenvalue weighted by atomic mass is 32.1. The van der Waals surface area contributed by atoms with Gasteiger partial charge < -0.3 is 19.5 Å². The second-order valence-electron chi connectivity index (χ2n) is 7.37. The van der Waals surface area contributed by atoms with Crippen LogP contribution in [0.15, 0.2) is 30.5 Å². The molecular weight excluding hydrogens is 384 g/mol. The molecule has 6 nitrogen and oxygen atoms in total. The number of hydrogen-bond donors (Lipinski definition) is 1. The number of rotatable bonds is 4. The van der Waals surface area contributed by atoms with Gasteiger partial charge in [0, 0.05) is 29.4 Å². The Kier molecular flexibility index (Phi) is 5.43. The number of carbonyl (C=O) groups is 1. The Morgan fingerprint density at radius 3 is 2.38 bits per heavy atom. The van der Waals surface area contributed by atoms with Gasteiger partial charge in [-0.25, -0.2) is 4.98 Å². The molecule has 0 aliphatic carbocycles. The van der Waals surface area contributed by atoms with Crippen molar-refractivity contribution in [2.24, 2.45) is 0 Å². The van der Waals surface area contributed by atoms with E-state index in [9.17, 15) is 4.79 Å². The number of nitrogens with zero attached hydrogens (tertiary/aromatic N) is 3. The number of amides is 1. The molecular formula is C22H26N4O2S. The van der Waals surface area contributed by atoms with Crippen molar-refractivity contribution < 1.29 is 9.53 Å². The van der Waals surface area contributed by atoms with Gasteiger partial charge in [0.1, 0.15) is 10.8 Å². The Morgan fingerprint density at radius 2 is 1.76 bits per heavy atom. The van der Waals surface area contributed by atoms with Crippen molar-refractivity contribution in [1.82, 2.24) is 9.55 Å². The van der Waals surface area contributed by atoms with Gasteiger partial charge in [0.25, 0.3) is 5.91 Å². The summed E-state index contributed by atoms with van der Waals surface area (Å²) in [6, 6.07) is 8.02. The summed E-state index contributed by atoms with van der Waals surface area (Å²) in [4.78, 5) is 21.0. The van der Waals surface area contributed by atoms with Crippen LogP contribution in [0.3, 0.4) is 0 Å². The maximum absolute atomic E-state index is 13.2. The molecule has 1 aliphatic rings. The molecule has 4 heterocycles. The van der Waals surface area contributed by atoms with Crippen LogP contribution in [0.4, 0.5) is 11.5 Å². The summed E-state index contributed by atoms with van der Waals surface area (Å²) < 4.78 is 7.55. The molecule has 0 saturated carbocycles. The maximum atomic E-state index is 13.2. The van der Waals surface area contributed by atoms with Crippen molar-refractivity contribution in [3.63, 3.8) is 0 Å². The number of hydrogen-bond acceptors (Lipinski definition) is 5. The first-order valence-corrected chi connectivity index (χ1v) is 10.6. The highest BCUT2D eigenvalue weighted by Crippen LogP contribution is 2.33. The van der Waals surface area contributed by atoms with Crippen molar-refractivity contribution in [3.05, 3.63) is 57.9 Å².